The summed E-state index contributed by atoms with van der Waals surface area (Å²) in [5, 5.41) is 1.97. The van der Waals surface area contributed by atoms with Crippen LogP contribution in [0.2, 0.25) is 0 Å². The Hall–Kier alpha value is -2.52. The van der Waals surface area contributed by atoms with Gasteiger partial charge >= 0.3 is 6.18 Å². The third kappa shape index (κ3) is 2.90. The molecule has 0 bridgehead atoms. The van der Waals surface area contributed by atoms with Gasteiger partial charge in [-0.05, 0) is 19.1 Å². The van der Waals surface area contributed by atoms with E-state index in [4.69, 9.17) is 0 Å². The van der Waals surface area contributed by atoms with Gasteiger partial charge in [0, 0.05) is 5.56 Å². The molecule has 0 saturated heterocycles. The number of benzene rings is 1. The molecular formula is C12H7F6N3O. The molecular weight excluding hydrogens is 316 g/mol. The van der Waals surface area contributed by atoms with Gasteiger partial charge in [-0.15, -0.1) is 0 Å². The van der Waals surface area contributed by atoms with E-state index in [0.29, 0.717) is 6.07 Å². The highest BCUT2D eigenvalue weighted by Crippen LogP contribution is 2.30. The van der Waals surface area contributed by atoms with Crippen molar-refractivity contribution in [2.45, 2.75) is 13.1 Å². The van der Waals surface area contributed by atoms with Gasteiger partial charge in [0.25, 0.3) is 5.56 Å². The molecule has 0 spiro atoms. The van der Waals surface area contributed by atoms with Gasteiger partial charge in [0.1, 0.15) is 0 Å². The fourth-order valence-electron chi connectivity index (χ4n) is 1.62. The zero-order valence-electron chi connectivity index (χ0n) is 10.8. The van der Waals surface area contributed by atoms with E-state index in [9.17, 15) is 31.1 Å². The summed E-state index contributed by atoms with van der Waals surface area (Å²) in [5.41, 5.74) is -3.93. The topological polar surface area (TPSA) is 57.8 Å². The lowest BCUT2D eigenvalue weighted by Crippen LogP contribution is -2.22. The summed E-state index contributed by atoms with van der Waals surface area (Å²) < 4.78 is 77.4. The molecule has 1 heterocycles. The quantitative estimate of drug-likeness (QED) is 0.659. The Morgan fingerprint density at radius 1 is 1.14 bits per heavy atom. The maximum atomic E-state index is 13.4. The second-order valence-electron chi connectivity index (χ2n) is 4.23. The Bertz CT molecular complexity index is 784. The maximum Gasteiger partial charge on any atom is 0.433 e. The molecule has 118 valence electrons. The smallest absolute Gasteiger partial charge is 0.323 e. The zero-order valence-corrected chi connectivity index (χ0v) is 10.8. The highest BCUT2D eigenvalue weighted by atomic mass is 19.4. The lowest BCUT2D eigenvalue weighted by Gasteiger charge is -2.12. The average Bonchev–Trinajstić information content (AvgIpc) is 2.42. The number of alkyl halides is 3. The molecule has 4 nitrogen and oxygen atoms in total. The van der Waals surface area contributed by atoms with Gasteiger partial charge in [-0.2, -0.15) is 13.2 Å². The minimum atomic E-state index is -4.90. The first-order valence-electron chi connectivity index (χ1n) is 5.70. The van der Waals surface area contributed by atoms with E-state index < -0.39 is 52.1 Å². The van der Waals surface area contributed by atoms with Crippen LogP contribution in [0.1, 0.15) is 11.3 Å². The number of halogens is 6. The van der Waals surface area contributed by atoms with Gasteiger partial charge in [0.15, 0.2) is 23.1 Å². The highest BCUT2D eigenvalue weighted by molar-refractivity contribution is 5.54. The Balaban J connectivity index is 2.50. The van der Waals surface area contributed by atoms with Crippen LogP contribution in [-0.2, 0) is 6.18 Å². The number of anilines is 2. The second kappa shape index (κ2) is 5.35. The molecule has 0 unspecified atom stereocenters. The van der Waals surface area contributed by atoms with Crippen molar-refractivity contribution in [1.82, 2.24) is 9.97 Å². The van der Waals surface area contributed by atoms with Crippen LogP contribution in [0.25, 0.3) is 0 Å². The van der Waals surface area contributed by atoms with Crippen LogP contribution < -0.4 is 10.9 Å². The monoisotopic (exact) mass is 323 g/mol. The number of H-pyrrole nitrogens is 1. The standard InChI is InChI=1S/C12H7F6N3O/c1-4-9(12(16,17)18)20-11(21-10(4)22)19-6-3-2-5(13)7(14)8(6)15/h2-3H,1H3,(H2,19,20,21,22). The summed E-state index contributed by atoms with van der Waals surface area (Å²) in [6, 6.07) is 1.32. The minimum Gasteiger partial charge on any atom is -0.323 e. The van der Waals surface area contributed by atoms with E-state index in [1.807, 2.05) is 10.3 Å². The summed E-state index contributed by atoms with van der Waals surface area (Å²) in [4.78, 5) is 16.5. The number of hydrogen-bond acceptors (Lipinski definition) is 3. The van der Waals surface area contributed by atoms with E-state index in [1.54, 1.807) is 0 Å². The zero-order chi connectivity index (χ0) is 16.7. The Morgan fingerprint density at radius 3 is 2.36 bits per heavy atom. The first-order chi connectivity index (χ1) is 10.1. The number of rotatable bonds is 2. The highest BCUT2D eigenvalue weighted by Gasteiger charge is 2.36. The lowest BCUT2D eigenvalue weighted by molar-refractivity contribution is -0.141. The van der Waals surface area contributed by atoms with Crippen LogP contribution >= 0.6 is 0 Å². The first kappa shape index (κ1) is 15.9. The first-order valence-corrected chi connectivity index (χ1v) is 5.70. The minimum absolute atomic E-state index is 0.567. The number of hydrogen-bond donors (Lipinski definition) is 2. The van der Waals surface area contributed by atoms with Crippen LogP contribution in [0.4, 0.5) is 38.0 Å². The number of aromatic amines is 1. The van der Waals surface area contributed by atoms with E-state index in [2.05, 4.69) is 4.98 Å². The third-order valence-electron chi connectivity index (χ3n) is 2.71. The molecule has 0 radical (unpaired) electrons. The number of nitrogens with zero attached hydrogens (tertiary/aromatic N) is 1. The Morgan fingerprint density at radius 2 is 1.77 bits per heavy atom. The summed E-state index contributed by atoms with van der Waals surface area (Å²) in [7, 11) is 0. The van der Waals surface area contributed by atoms with Crippen molar-refractivity contribution in [2.75, 3.05) is 5.32 Å². The normalized spacial score (nSPS) is 11.6. The fourth-order valence-corrected chi connectivity index (χ4v) is 1.62. The van der Waals surface area contributed by atoms with E-state index >= 15 is 0 Å². The molecule has 0 saturated carbocycles. The molecule has 0 fully saturated rings. The summed E-state index contributed by atoms with van der Waals surface area (Å²) in [5.74, 6) is -5.69. The van der Waals surface area contributed by atoms with E-state index in [1.165, 1.54) is 0 Å². The molecule has 0 amide bonds. The summed E-state index contributed by atoms with van der Waals surface area (Å²) in [6.45, 7) is 0.913. The molecule has 2 N–H and O–H groups in total. The van der Waals surface area contributed by atoms with Crippen LogP contribution in [0, 0.1) is 24.4 Å². The Kier molecular flexibility index (Phi) is 3.86. The van der Waals surface area contributed by atoms with Gasteiger partial charge in [0.05, 0.1) is 5.69 Å². The molecule has 0 aliphatic rings. The van der Waals surface area contributed by atoms with Crippen molar-refractivity contribution in [1.29, 1.82) is 0 Å². The van der Waals surface area contributed by atoms with Gasteiger partial charge in [0.2, 0.25) is 5.95 Å². The molecule has 2 aromatic rings. The van der Waals surface area contributed by atoms with Crippen molar-refractivity contribution in [3.8, 4) is 0 Å². The van der Waals surface area contributed by atoms with Crippen molar-refractivity contribution >= 4 is 11.6 Å². The fraction of sp³-hybridized carbons (Fsp3) is 0.167. The van der Waals surface area contributed by atoms with Crippen molar-refractivity contribution < 1.29 is 26.3 Å². The van der Waals surface area contributed by atoms with Gasteiger partial charge in [-0.3, -0.25) is 9.78 Å². The summed E-state index contributed by atoms with van der Waals surface area (Å²) >= 11 is 0. The molecule has 1 aromatic heterocycles. The summed E-state index contributed by atoms with van der Waals surface area (Å²) in [6.07, 6.45) is -4.90. The van der Waals surface area contributed by atoms with Crippen LogP contribution in [0.5, 0.6) is 0 Å². The van der Waals surface area contributed by atoms with Gasteiger partial charge < -0.3 is 5.32 Å². The van der Waals surface area contributed by atoms with Crippen molar-refractivity contribution in [3.63, 3.8) is 0 Å². The molecule has 22 heavy (non-hydrogen) atoms. The van der Waals surface area contributed by atoms with Crippen LogP contribution in [0.15, 0.2) is 16.9 Å². The molecule has 2 rings (SSSR count). The largest absolute Gasteiger partial charge is 0.433 e. The number of aromatic nitrogens is 2. The second-order valence-corrected chi connectivity index (χ2v) is 4.23. The predicted octanol–water partition coefficient (Wildman–Crippen LogP) is 3.26. The van der Waals surface area contributed by atoms with Crippen molar-refractivity contribution in [2.24, 2.45) is 0 Å². The molecule has 0 atom stereocenters. The SMILES string of the molecule is Cc1c(C(F)(F)F)nc(Nc2ccc(F)c(F)c2F)[nH]c1=O. The maximum absolute atomic E-state index is 13.4. The van der Waals surface area contributed by atoms with Gasteiger partial charge in [-0.1, -0.05) is 0 Å². The van der Waals surface area contributed by atoms with Gasteiger partial charge in [-0.25, -0.2) is 18.2 Å². The van der Waals surface area contributed by atoms with Crippen LogP contribution in [0.3, 0.4) is 0 Å². The molecule has 1 aromatic carbocycles. The van der Waals surface area contributed by atoms with Crippen LogP contribution in [-0.4, -0.2) is 9.97 Å². The third-order valence-corrected chi connectivity index (χ3v) is 2.71. The lowest BCUT2D eigenvalue weighted by atomic mass is 10.2. The predicted molar refractivity (Wildman–Crippen MR) is 64.2 cm³/mol. The molecule has 10 heteroatoms. The Labute approximate surface area is 118 Å². The number of nitrogens with one attached hydrogen (secondary N) is 2. The average molecular weight is 323 g/mol. The molecule has 0 aliphatic heterocycles. The molecule has 0 aliphatic carbocycles. The van der Waals surface area contributed by atoms with Crippen molar-refractivity contribution in [3.05, 3.63) is 51.2 Å². The van der Waals surface area contributed by atoms with E-state index in [-0.39, 0.29) is 0 Å². The van der Waals surface area contributed by atoms with E-state index in [0.717, 1.165) is 13.0 Å².